The maximum absolute atomic E-state index is 12.4. The number of aromatic nitrogens is 2. The van der Waals surface area contributed by atoms with E-state index in [1.165, 1.54) is 18.3 Å². The van der Waals surface area contributed by atoms with Gasteiger partial charge in [0.05, 0.1) is 10.6 Å². The Bertz CT molecular complexity index is 673. The normalized spacial score (nSPS) is 11.4. The molecule has 0 saturated heterocycles. The molecule has 0 aromatic carbocycles. The van der Waals surface area contributed by atoms with Crippen LogP contribution in [0.4, 0.5) is 13.2 Å². The van der Waals surface area contributed by atoms with Crippen LogP contribution in [0.5, 0.6) is 0 Å². The van der Waals surface area contributed by atoms with Gasteiger partial charge in [-0.2, -0.15) is 13.2 Å². The van der Waals surface area contributed by atoms with Crippen LogP contribution in [0.2, 0.25) is 0 Å². The fourth-order valence-electron chi connectivity index (χ4n) is 1.49. The summed E-state index contributed by atoms with van der Waals surface area (Å²) < 4.78 is 37.1. The molecular weight excluding hydrogens is 307 g/mol. The number of hydrogen-bond acceptors (Lipinski definition) is 4. The van der Waals surface area contributed by atoms with Crippen LogP contribution >= 0.6 is 11.3 Å². The van der Waals surface area contributed by atoms with Crippen LogP contribution in [0.15, 0.2) is 28.5 Å². The van der Waals surface area contributed by atoms with Gasteiger partial charge >= 0.3 is 6.18 Å². The molecule has 9 heteroatoms. The number of aromatic amines is 1. The number of pyridine rings is 1. The standard InChI is InChI=1S/C12H10F3N3O2S/c13-12(14,15)8-6-21-10(18-8)3-4-16-11(20)7-1-2-9(19)17-5-7/h1-2,5-6H,3-4H2,(H,16,20)(H,17,19). The van der Waals surface area contributed by atoms with Crippen molar-refractivity contribution in [1.29, 1.82) is 0 Å². The molecule has 2 aromatic rings. The zero-order valence-electron chi connectivity index (χ0n) is 10.5. The number of nitrogens with one attached hydrogen (secondary N) is 2. The van der Waals surface area contributed by atoms with Crippen molar-refractivity contribution in [3.05, 3.63) is 50.3 Å². The molecule has 0 unspecified atom stereocenters. The number of carbonyl (C=O) groups excluding carboxylic acids is 1. The second-order valence-corrected chi connectivity index (χ2v) is 5.01. The van der Waals surface area contributed by atoms with E-state index >= 15 is 0 Å². The van der Waals surface area contributed by atoms with Crippen molar-refractivity contribution in [2.45, 2.75) is 12.6 Å². The van der Waals surface area contributed by atoms with Crippen LogP contribution in [0.3, 0.4) is 0 Å². The maximum Gasteiger partial charge on any atom is 0.434 e. The fraction of sp³-hybridized carbons (Fsp3) is 0.250. The Kier molecular flexibility index (Phi) is 4.41. The van der Waals surface area contributed by atoms with Crippen LogP contribution in [0, 0.1) is 0 Å². The quantitative estimate of drug-likeness (QED) is 0.903. The summed E-state index contributed by atoms with van der Waals surface area (Å²) in [6, 6.07) is 2.57. The minimum absolute atomic E-state index is 0.156. The lowest BCUT2D eigenvalue weighted by atomic mass is 10.2. The van der Waals surface area contributed by atoms with Crippen molar-refractivity contribution < 1.29 is 18.0 Å². The van der Waals surface area contributed by atoms with Crippen molar-refractivity contribution in [1.82, 2.24) is 15.3 Å². The van der Waals surface area contributed by atoms with E-state index in [-0.39, 0.29) is 24.1 Å². The van der Waals surface area contributed by atoms with Gasteiger partial charge in [0.2, 0.25) is 5.56 Å². The molecule has 0 aliphatic carbocycles. The summed E-state index contributed by atoms with van der Waals surface area (Å²) in [5, 5.41) is 3.78. The Morgan fingerprint density at radius 2 is 2.14 bits per heavy atom. The van der Waals surface area contributed by atoms with Crippen LogP contribution in [0.25, 0.3) is 0 Å². The van der Waals surface area contributed by atoms with Gasteiger partial charge in [-0.3, -0.25) is 9.59 Å². The smallest absolute Gasteiger partial charge is 0.352 e. The van der Waals surface area contributed by atoms with Crippen LogP contribution < -0.4 is 10.9 Å². The van der Waals surface area contributed by atoms with Gasteiger partial charge < -0.3 is 10.3 Å². The third-order valence-corrected chi connectivity index (χ3v) is 3.42. The van der Waals surface area contributed by atoms with Crippen molar-refractivity contribution in [2.24, 2.45) is 0 Å². The highest BCUT2D eigenvalue weighted by Crippen LogP contribution is 2.29. The monoisotopic (exact) mass is 317 g/mol. The van der Waals surface area contributed by atoms with Crippen LogP contribution in [0.1, 0.15) is 21.1 Å². The summed E-state index contributed by atoms with van der Waals surface area (Å²) in [5.41, 5.74) is -0.979. The number of amides is 1. The average molecular weight is 317 g/mol. The lowest BCUT2D eigenvalue weighted by Crippen LogP contribution is -2.26. The summed E-state index contributed by atoms with van der Waals surface area (Å²) in [6.07, 6.45) is -2.98. The minimum atomic E-state index is -4.45. The van der Waals surface area contributed by atoms with Gasteiger partial charge in [-0.15, -0.1) is 11.3 Å². The largest absolute Gasteiger partial charge is 0.434 e. The molecule has 2 N–H and O–H groups in total. The topological polar surface area (TPSA) is 74.8 Å². The highest BCUT2D eigenvalue weighted by Gasteiger charge is 2.33. The Hall–Kier alpha value is -2.16. The second-order valence-electron chi connectivity index (χ2n) is 4.07. The summed E-state index contributed by atoms with van der Waals surface area (Å²) in [6.45, 7) is 0.156. The summed E-state index contributed by atoms with van der Waals surface area (Å²) in [4.78, 5) is 28.3. The summed E-state index contributed by atoms with van der Waals surface area (Å²) in [7, 11) is 0. The van der Waals surface area contributed by atoms with E-state index in [4.69, 9.17) is 0 Å². The van der Waals surface area contributed by atoms with E-state index in [0.29, 0.717) is 5.01 Å². The predicted octanol–water partition coefficient (Wildman–Crippen LogP) is 1.82. The van der Waals surface area contributed by atoms with Gasteiger partial charge in [-0.25, -0.2) is 4.98 Å². The first-order chi connectivity index (χ1) is 9.86. The molecule has 2 heterocycles. The van der Waals surface area contributed by atoms with Crippen molar-refractivity contribution in [3.8, 4) is 0 Å². The molecule has 0 radical (unpaired) electrons. The van der Waals surface area contributed by atoms with Crippen molar-refractivity contribution in [3.63, 3.8) is 0 Å². The lowest BCUT2D eigenvalue weighted by Gasteiger charge is -2.03. The zero-order chi connectivity index (χ0) is 15.5. The van der Waals surface area contributed by atoms with Gasteiger partial charge in [-0.05, 0) is 6.07 Å². The Labute approximate surface area is 120 Å². The average Bonchev–Trinajstić information content (AvgIpc) is 2.88. The molecule has 0 bridgehead atoms. The SMILES string of the molecule is O=C(NCCc1nc(C(F)(F)F)cs1)c1ccc(=O)[nH]c1. The Morgan fingerprint density at radius 1 is 1.38 bits per heavy atom. The molecule has 0 fully saturated rings. The molecule has 1 amide bonds. The fourth-order valence-corrected chi connectivity index (χ4v) is 2.30. The minimum Gasteiger partial charge on any atom is -0.352 e. The van der Waals surface area contributed by atoms with Gasteiger partial charge in [0.1, 0.15) is 0 Å². The molecule has 112 valence electrons. The highest BCUT2D eigenvalue weighted by atomic mass is 32.1. The molecule has 2 aromatic heterocycles. The van der Waals surface area contributed by atoms with E-state index in [1.807, 2.05) is 0 Å². The van der Waals surface area contributed by atoms with Crippen molar-refractivity contribution >= 4 is 17.2 Å². The third-order valence-electron chi connectivity index (χ3n) is 2.51. The van der Waals surface area contributed by atoms with E-state index in [1.54, 1.807) is 0 Å². The Morgan fingerprint density at radius 3 is 2.71 bits per heavy atom. The number of alkyl halides is 3. The van der Waals surface area contributed by atoms with Crippen molar-refractivity contribution in [2.75, 3.05) is 6.54 Å². The highest BCUT2D eigenvalue weighted by molar-refractivity contribution is 7.09. The number of thiazole rings is 1. The molecular formula is C12H10F3N3O2S. The number of rotatable bonds is 4. The number of carbonyl (C=O) groups is 1. The summed E-state index contributed by atoms with van der Waals surface area (Å²) in [5.74, 6) is -0.418. The number of H-pyrrole nitrogens is 1. The van der Waals surface area contributed by atoms with E-state index in [9.17, 15) is 22.8 Å². The first-order valence-corrected chi connectivity index (χ1v) is 6.73. The number of nitrogens with zero attached hydrogens (tertiary/aromatic N) is 1. The molecule has 21 heavy (non-hydrogen) atoms. The molecule has 0 saturated carbocycles. The molecule has 0 atom stereocenters. The van der Waals surface area contributed by atoms with Gasteiger partial charge in [-0.1, -0.05) is 0 Å². The van der Waals surface area contributed by atoms with Crippen LogP contribution in [-0.2, 0) is 12.6 Å². The Balaban J connectivity index is 1.87. The van der Waals surface area contributed by atoms with Crippen LogP contribution in [-0.4, -0.2) is 22.4 Å². The molecule has 0 aliphatic heterocycles. The second kappa shape index (κ2) is 6.08. The van der Waals surface area contributed by atoms with E-state index in [0.717, 1.165) is 16.7 Å². The van der Waals surface area contributed by atoms with Gasteiger partial charge in [0.15, 0.2) is 5.69 Å². The van der Waals surface area contributed by atoms with E-state index < -0.39 is 17.8 Å². The molecule has 2 rings (SSSR count). The molecule has 0 spiro atoms. The first kappa shape index (κ1) is 15.2. The third kappa shape index (κ3) is 4.15. The summed E-state index contributed by atoms with van der Waals surface area (Å²) >= 11 is 0.896. The number of halogens is 3. The maximum atomic E-state index is 12.4. The first-order valence-electron chi connectivity index (χ1n) is 5.85. The molecule has 0 aliphatic rings. The van der Waals surface area contributed by atoms with Gasteiger partial charge in [0, 0.05) is 30.6 Å². The number of hydrogen-bond donors (Lipinski definition) is 2. The predicted molar refractivity (Wildman–Crippen MR) is 70.2 cm³/mol. The van der Waals surface area contributed by atoms with E-state index in [2.05, 4.69) is 15.3 Å². The molecule has 5 nitrogen and oxygen atoms in total. The zero-order valence-corrected chi connectivity index (χ0v) is 11.3. The van der Waals surface area contributed by atoms with Gasteiger partial charge in [0.25, 0.3) is 5.91 Å². The lowest BCUT2D eigenvalue weighted by molar-refractivity contribution is -0.140.